The van der Waals surface area contributed by atoms with Gasteiger partial charge in [-0.05, 0) is 25.0 Å². The smallest absolute Gasteiger partial charge is 0.148 e. The normalized spacial score (nSPS) is 26.0. The van der Waals surface area contributed by atoms with E-state index in [2.05, 4.69) is 33.5 Å². The molecule has 1 aromatic heterocycles. The maximum Gasteiger partial charge on any atom is 0.148 e. The van der Waals surface area contributed by atoms with Crippen LogP contribution >= 0.6 is 23.4 Å². The van der Waals surface area contributed by atoms with E-state index in [0.717, 1.165) is 11.1 Å². The Kier molecular flexibility index (Phi) is 3.92. The van der Waals surface area contributed by atoms with E-state index in [1.165, 1.54) is 25.0 Å². The molecule has 1 heterocycles. The lowest BCUT2D eigenvalue weighted by atomic mass is 10.2. The first-order valence-corrected chi connectivity index (χ1v) is 6.99. The summed E-state index contributed by atoms with van der Waals surface area (Å²) in [5.74, 6) is 2.58. The lowest BCUT2D eigenvalue weighted by Gasteiger charge is -2.13. The molecule has 0 spiro atoms. The highest BCUT2D eigenvalue weighted by Gasteiger charge is 2.27. The molecule has 0 aromatic carbocycles. The van der Waals surface area contributed by atoms with Gasteiger partial charge >= 0.3 is 0 Å². The zero-order valence-electron chi connectivity index (χ0n) is 8.90. The molecule has 1 aromatic rings. The highest BCUT2D eigenvalue weighted by molar-refractivity contribution is 7.99. The van der Waals surface area contributed by atoms with Gasteiger partial charge in [-0.15, -0.1) is 21.8 Å². The number of aromatic nitrogens is 3. The molecule has 0 amide bonds. The molecule has 1 aliphatic rings. The van der Waals surface area contributed by atoms with Gasteiger partial charge in [0.2, 0.25) is 0 Å². The van der Waals surface area contributed by atoms with Gasteiger partial charge in [0.05, 0.1) is 5.88 Å². The molecule has 0 radical (unpaired) electrons. The summed E-state index contributed by atoms with van der Waals surface area (Å²) >= 11 is 7.89. The van der Waals surface area contributed by atoms with Crippen molar-refractivity contribution in [1.82, 2.24) is 14.8 Å². The minimum atomic E-state index is 0.460. The minimum Gasteiger partial charge on any atom is -0.313 e. The number of thioether (sulfide) groups is 1. The van der Waals surface area contributed by atoms with E-state index in [-0.39, 0.29) is 0 Å². The minimum absolute atomic E-state index is 0.460. The van der Waals surface area contributed by atoms with Crippen molar-refractivity contribution in [1.29, 1.82) is 0 Å². The molecule has 0 N–H and O–H groups in total. The van der Waals surface area contributed by atoms with Gasteiger partial charge in [-0.3, -0.25) is 0 Å². The fourth-order valence-corrected chi connectivity index (χ4v) is 3.55. The monoisotopic (exact) mass is 245 g/mol. The summed E-state index contributed by atoms with van der Waals surface area (Å²) in [6.07, 6.45) is 5.60. The van der Waals surface area contributed by atoms with E-state index >= 15 is 0 Å². The van der Waals surface area contributed by atoms with E-state index in [1.54, 1.807) is 0 Å². The SMILES string of the molecule is CCSC1CCC(n2cnnc2CCl)C1. The summed E-state index contributed by atoms with van der Waals surface area (Å²) in [5.41, 5.74) is 0. The second-order valence-electron chi connectivity index (χ2n) is 3.83. The number of hydrogen-bond acceptors (Lipinski definition) is 3. The number of rotatable bonds is 4. The van der Waals surface area contributed by atoms with Crippen LogP contribution in [0.1, 0.15) is 38.1 Å². The zero-order valence-corrected chi connectivity index (χ0v) is 10.5. The van der Waals surface area contributed by atoms with Crippen molar-refractivity contribution in [2.75, 3.05) is 5.75 Å². The second kappa shape index (κ2) is 5.21. The van der Waals surface area contributed by atoms with Crippen LogP contribution in [-0.4, -0.2) is 25.8 Å². The van der Waals surface area contributed by atoms with Crippen LogP contribution in [0, 0.1) is 0 Å². The number of halogens is 1. The summed E-state index contributed by atoms with van der Waals surface area (Å²) < 4.78 is 2.16. The highest BCUT2D eigenvalue weighted by Crippen LogP contribution is 2.37. The molecule has 15 heavy (non-hydrogen) atoms. The summed E-state index contributed by atoms with van der Waals surface area (Å²) in [7, 11) is 0. The van der Waals surface area contributed by atoms with Crippen LogP contribution in [0.15, 0.2) is 6.33 Å². The van der Waals surface area contributed by atoms with Crippen LogP contribution in [0.5, 0.6) is 0 Å². The van der Waals surface area contributed by atoms with Crippen molar-refractivity contribution in [3.05, 3.63) is 12.2 Å². The van der Waals surface area contributed by atoms with E-state index < -0.39 is 0 Å². The Morgan fingerprint density at radius 2 is 2.47 bits per heavy atom. The lowest BCUT2D eigenvalue weighted by molar-refractivity contribution is 0.504. The molecule has 1 fully saturated rings. The molecule has 0 bridgehead atoms. The van der Waals surface area contributed by atoms with E-state index in [4.69, 9.17) is 11.6 Å². The van der Waals surface area contributed by atoms with Crippen molar-refractivity contribution < 1.29 is 0 Å². The molecule has 2 rings (SSSR count). The predicted molar refractivity (Wildman–Crippen MR) is 64.4 cm³/mol. The third kappa shape index (κ3) is 2.48. The van der Waals surface area contributed by atoms with Crippen molar-refractivity contribution in [2.45, 2.75) is 43.4 Å². The Balaban J connectivity index is 2.01. The van der Waals surface area contributed by atoms with Gasteiger partial charge in [0.15, 0.2) is 0 Å². The molecular weight excluding hydrogens is 230 g/mol. The van der Waals surface area contributed by atoms with Crippen LogP contribution in [0.3, 0.4) is 0 Å². The summed E-state index contributed by atoms with van der Waals surface area (Å²) in [6.45, 7) is 2.22. The first kappa shape index (κ1) is 11.3. The fourth-order valence-electron chi connectivity index (χ4n) is 2.22. The van der Waals surface area contributed by atoms with E-state index in [1.807, 2.05) is 6.33 Å². The van der Waals surface area contributed by atoms with Crippen LogP contribution in [0.25, 0.3) is 0 Å². The Morgan fingerprint density at radius 3 is 3.20 bits per heavy atom. The largest absolute Gasteiger partial charge is 0.313 e. The average Bonchev–Trinajstić information content (AvgIpc) is 2.84. The highest BCUT2D eigenvalue weighted by atomic mass is 35.5. The summed E-state index contributed by atoms with van der Waals surface area (Å²) in [4.78, 5) is 0. The Hall–Kier alpha value is -0.220. The van der Waals surface area contributed by atoms with Gasteiger partial charge in [0.25, 0.3) is 0 Å². The van der Waals surface area contributed by atoms with Gasteiger partial charge < -0.3 is 4.57 Å². The standard InChI is InChI=1S/C10H16ClN3S/c1-2-15-9-4-3-8(5-9)14-7-12-13-10(14)6-11/h7-9H,2-6H2,1H3. The molecule has 5 heteroatoms. The zero-order chi connectivity index (χ0) is 10.7. The van der Waals surface area contributed by atoms with Crippen molar-refractivity contribution >= 4 is 23.4 Å². The maximum atomic E-state index is 5.82. The summed E-state index contributed by atoms with van der Waals surface area (Å²) in [5, 5.41) is 8.77. The third-order valence-corrected chi connectivity index (χ3v) is 4.39. The van der Waals surface area contributed by atoms with E-state index in [0.29, 0.717) is 11.9 Å². The number of hydrogen-bond donors (Lipinski definition) is 0. The van der Waals surface area contributed by atoms with Gasteiger partial charge in [-0.25, -0.2) is 0 Å². The number of nitrogens with zero attached hydrogens (tertiary/aromatic N) is 3. The van der Waals surface area contributed by atoms with Crippen LogP contribution in [0.4, 0.5) is 0 Å². The van der Waals surface area contributed by atoms with Gasteiger partial charge in [-0.2, -0.15) is 11.8 Å². The van der Waals surface area contributed by atoms with Crippen molar-refractivity contribution in [3.8, 4) is 0 Å². The molecule has 2 atom stereocenters. The Bertz CT molecular complexity index is 315. The number of alkyl halides is 1. The third-order valence-electron chi connectivity index (χ3n) is 2.92. The van der Waals surface area contributed by atoms with Crippen molar-refractivity contribution in [2.24, 2.45) is 0 Å². The van der Waals surface area contributed by atoms with Crippen LogP contribution < -0.4 is 0 Å². The quantitative estimate of drug-likeness (QED) is 0.765. The molecule has 0 saturated heterocycles. The van der Waals surface area contributed by atoms with Gasteiger partial charge in [-0.1, -0.05) is 6.92 Å². The second-order valence-corrected chi connectivity index (χ2v) is 5.68. The fraction of sp³-hybridized carbons (Fsp3) is 0.800. The molecule has 2 unspecified atom stereocenters. The summed E-state index contributed by atoms with van der Waals surface area (Å²) in [6, 6.07) is 0.567. The van der Waals surface area contributed by atoms with Crippen LogP contribution in [-0.2, 0) is 5.88 Å². The maximum absolute atomic E-state index is 5.82. The van der Waals surface area contributed by atoms with Crippen molar-refractivity contribution in [3.63, 3.8) is 0 Å². The first-order chi connectivity index (χ1) is 7.35. The topological polar surface area (TPSA) is 30.7 Å². The molecular formula is C10H16ClN3S. The Morgan fingerprint density at radius 1 is 1.60 bits per heavy atom. The van der Waals surface area contributed by atoms with Gasteiger partial charge in [0.1, 0.15) is 12.2 Å². The molecule has 3 nitrogen and oxygen atoms in total. The van der Waals surface area contributed by atoms with Gasteiger partial charge in [0, 0.05) is 11.3 Å². The molecule has 1 aliphatic carbocycles. The first-order valence-electron chi connectivity index (χ1n) is 5.41. The van der Waals surface area contributed by atoms with E-state index in [9.17, 15) is 0 Å². The predicted octanol–water partition coefficient (Wildman–Crippen LogP) is 2.86. The average molecular weight is 246 g/mol. The Labute approximate surface area is 99.6 Å². The lowest BCUT2D eigenvalue weighted by Crippen LogP contribution is -2.08. The molecule has 0 aliphatic heterocycles. The van der Waals surface area contributed by atoms with Crippen LogP contribution in [0.2, 0.25) is 0 Å². The molecule has 84 valence electrons. The molecule has 1 saturated carbocycles.